The lowest BCUT2D eigenvalue weighted by Crippen LogP contribution is -2.47. The summed E-state index contributed by atoms with van der Waals surface area (Å²) in [4.78, 5) is 16.6. The van der Waals surface area contributed by atoms with E-state index in [-0.39, 0.29) is 24.5 Å². The fourth-order valence-corrected chi connectivity index (χ4v) is 3.64. The van der Waals surface area contributed by atoms with Gasteiger partial charge in [0, 0.05) is 43.3 Å². The van der Waals surface area contributed by atoms with Crippen LogP contribution in [0.1, 0.15) is 43.0 Å². The zero-order chi connectivity index (χ0) is 17.6. The maximum Gasteiger partial charge on any atom is 0.253 e. The zero-order valence-corrected chi connectivity index (χ0v) is 14.9. The molecule has 0 aliphatic carbocycles. The van der Waals surface area contributed by atoms with Crippen LogP contribution in [0.15, 0.2) is 24.3 Å². The predicted octanol–water partition coefficient (Wildman–Crippen LogP) is 2.13. The quantitative estimate of drug-likeness (QED) is 0.802. The predicted molar refractivity (Wildman–Crippen MR) is 96.4 cm³/mol. The average Bonchev–Trinajstić information content (AvgIpc) is 2.62. The molecule has 0 aromatic heterocycles. The Kier molecular flexibility index (Phi) is 6.63. The summed E-state index contributed by atoms with van der Waals surface area (Å²) in [5, 5.41) is 18.8. The summed E-state index contributed by atoms with van der Waals surface area (Å²) < 4.78 is 0. The van der Waals surface area contributed by atoms with Crippen molar-refractivity contribution < 1.29 is 15.0 Å². The molecule has 5 heteroatoms. The highest BCUT2D eigenvalue weighted by atomic mass is 16.3. The monoisotopic (exact) mass is 334 g/mol. The van der Waals surface area contributed by atoms with Crippen LogP contribution < -0.4 is 4.90 Å². The van der Waals surface area contributed by atoms with Crippen molar-refractivity contribution >= 4 is 11.6 Å². The summed E-state index contributed by atoms with van der Waals surface area (Å²) in [7, 11) is 1.91. The van der Waals surface area contributed by atoms with Crippen LogP contribution in [0, 0.1) is 5.41 Å². The first-order valence-corrected chi connectivity index (χ1v) is 8.87. The van der Waals surface area contributed by atoms with Crippen LogP contribution in [0.25, 0.3) is 0 Å². The summed E-state index contributed by atoms with van der Waals surface area (Å²) in [5.74, 6) is 0.0417. The van der Waals surface area contributed by atoms with E-state index >= 15 is 0 Å². The second-order valence-electron chi connectivity index (χ2n) is 6.93. The standard InChI is InChI=1S/C19H30N2O3/c1-3-9-19(15-23)10-4-11-21(14-19)18(24)16-5-7-17(8-6-16)20(2)12-13-22/h5-8,22-23H,3-4,9-15H2,1-2H3/t19-/m1/s1. The smallest absolute Gasteiger partial charge is 0.253 e. The van der Waals surface area contributed by atoms with Gasteiger partial charge in [-0.05, 0) is 43.5 Å². The number of likely N-dealkylation sites (tertiary alicyclic amines) is 1. The van der Waals surface area contributed by atoms with Crippen molar-refractivity contribution in [3.05, 3.63) is 29.8 Å². The van der Waals surface area contributed by atoms with Crippen molar-refractivity contribution in [1.82, 2.24) is 4.90 Å². The fraction of sp³-hybridized carbons (Fsp3) is 0.632. The zero-order valence-electron chi connectivity index (χ0n) is 14.9. The number of anilines is 1. The molecule has 134 valence electrons. The van der Waals surface area contributed by atoms with Gasteiger partial charge in [0.05, 0.1) is 13.2 Å². The van der Waals surface area contributed by atoms with Crippen LogP contribution in [0.3, 0.4) is 0 Å². The van der Waals surface area contributed by atoms with Crippen molar-refractivity contribution in [2.75, 3.05) is 44.8 Å². The molecule has 1 saturated heterocycles. The Balaban J connectivity index is 2.07. The molecule has 1 heterocycles. The minimum absolute atomic E-state index is 0.0417. The maximum atomic E-state index is 12.8. The van der Waals surface area contributed by atoms with E-state index < -0.39 is 0 Å². The third kappa shape index (κ3) is 4.28. The normalized spacial score (nSPS) is 20.9. The number of benzene rings is 1. The molecule has 1 fully saturated rings. The lowest BCUT2D eigenvalue weighted by molar-refractivity contribution is 0.0222. The van der Waals surface area contributed by atoms with E-state index in [0.717, 1.165) is 37.9 Å². The maximum absolute atomic E-state index is 12.8. The van der Waals surface area contributed by atoms with Gasteiger partial charge in [-0.3, -0.25) is 4.79 Å². The molecular formula is C19H30N2O3. The SMILES string of the molecule is CCC[C@@]1(CO)CCCN(C(=O)c2ccc(N(C)CCO)cc2)C1. The summed E-state index contributed by atoms with van der Waals surface area (Å²) >= 11 is 0. The third-order valence-corrected chi connectivity index (χ3v) is 5.05. The molecule has 2 N–H and O–H groups in total. The molecular weight excluding hydrogens is 304 g/mol. The van der Waals surface area contributed by atoms with Gasteiger partial charge in [-0.25, -0.2) is 0 Å². The molecule has 2 rings (SSSR count). The molecule has 5 nitrogen and oxygen atoms in total. The van der Waals surface area contributed by atoms with Gasteiger partial charge in [-0.15, -0.1) is 0 Å². The lowest BCUT2D eigenvalue weighted by Gasteiger charge is -2.42. The van der Waals surface area contributed by atoms with Crippen LogP contribution in [0.2, 0.25) is 0 Å². The molecule has 0 saturated carbocycles. The van der Waals surface area contributed by atoms with Crippen LogP contribution in [-0.4, -0.2) is 60.9 Å². The molecule has 1 aliphatic heterocycles. The van der Waals surface area contributed by atoms with Crippen LogP contribution >= 0.6 is 0 Å². The number of piperidine rings is 1. The number of aliphatic hydroxyl groups excluding tert-OH is 2. The molecule has 24 heavy (non-hydrogen) atoms. The summed E-state index contributed by atoms with van der Waals surface area (Å²) in [6.07, 6.45) is 3.92. The molecule has 0 spiro atoms. The number of carbonyl (C=O) groups excluding carboxylic acids is 1. The number of amides is 1. The molecule has 1 aliphatic rings. The molecule has 1 atom stereocenters. The van der Waals surface area contributed by atoms with E-state index in [9.17, 15) is 9.90 Å². The Morgan fingerprint density at radius 2 is 2.00 bits per heavy atom. The number of hydrogen-bond donors (Lipinski definition) is 2. The largest absolute Gasteiger partial charge is 0.396 e. The topological polar surface area (TPSA) is 64.0 Å². The van der Waals surface area contributed by atoms with E-state index in [4.69, 9.17) is 5.11 Å². The molecule has 0 bridgehead atoms. The van der Waals surface area contributed by atoms with Crippen molar-refractivity contribution in [2.45, 2.75) is 32.6 Å². The number of carbonyl (C=O) groups is 1. The minimum atomic E-state index is -0.135. The van der Waals surface area contributed by atoms with E-state index in [1.165, 1.54) is 0 Å². The molecule has 0 unspecified atom stereocenters. The second kappa shape index (κ2) is 8.49. The van der Waals surface area contributed by atoms with E-state index in [2.05, 4.69) is 6.92 Å². The average molecular weight is 334 g/mol. The Morgan fingerprint density at radius 1 is 1.29 bits per heavy atom. The van der Waals surface area contributed by atoms with Crippen molar-refractivity contribution in [3.8, 4) is 0 Å². The van der Waals surface area contributed by atoms with E-state index in [1.807, 2.05) is 41.1 Å². The lowest BCUT2D eigenvalue weighted by atomic mass is 9.77. The van der Waals surface area contributed by atoms with Gasteiger partial charge >= 0.3 is 0 Å². The fourth-order valence-electron chi connectivity index (χ4n) is 3.64. The minimum Gasteiger partial charge on any atom is -0.396 e. The van der Waals surface area contributed by atoms with Gasteiger partial charge in [0.15, 0.2) is 0 Å². The Labute approximate surface area is 144 Å². The van der Waals surface area contributed by atoms with Crippen LogP contribution in [0.5, 0.6) is 0 Å². The number of aliphatic hydroxyl groups is 2. The van der Waals surface area contributed by atoms with Gasteiger partial charge in [-0.1, -0.05) is 13.3 Å². The van der Waals surface area contributed by atoms with Gasteiger partial charge in [-0.2, -0.15) is 0 Å². The molecule has 1 aromatic carbocycles. The van der Waals surface area contributed by atoms with E-state index in [0.29, 0.717) is 18.7 Å². The Hall–Kier alpha value is -1.59. The van der Waals surface area contributed by atoms with Gasteiger partial charge in [0.1, 0.15) is 0 Å². The third-order valence-electron chi connectivity index (χ3n) is 5.05. The van der Waals surface area contributed by atoms with Crippen molar-refractivity contribution in [3.63, 3.8) is 0 Å². The molecule has 0 radical (unpaired) electrons. The number of rotatable bonds is 7. The highest BCUT2D eigenvalue weighted by molar-refractivity contribution is 5.94. The van der Waals surface area contributed by atoms with Gasteiger partial charge in [0.2, 0.25) is 0 Å². The van der Waals surface area contributed by atoms with Crippen LogP contribution in [-0.2, 0) is 0 Å². The van der Waals surface area contributed by atoms with Crippen LogP contribution in [0.4, 0.5) is 5.69 Å². The molecule has 1 amide bonds. The highest BCUT2D eigenvalue weighted by Gasteiger charge is 2.36. The first-order chi connectivity index (χ1) is 11.5. The van der Waals surface area contributed by atoms with E-state index in [1.54, 1.807) is 0 Å². The van der Waals surface area contributed by atoms with Gasteiger partial charge in [0.25, 0.3) is 5.91 Å². The Morgan fingerprint density at radius 3 is 2.58 bits per heavy atom. The summed E-state index contributed by atoms with van der Waals surface area (Å²) in [6.45, 7) is 4.34. The summed E-state index contributed by atoms with van der Waals surface area (Å²) in [5.41, 5.74) is 1.53. The summed E-state index contributed by atoms with van der Waals surface area (Å²) in [6, 6.07) is 7.53. The highest BCUT2D eigenvalue weighted by Crippen LogP contribution is 2.34. The number of hydrogen-bond acceptors (Lipinski definition) is 4. The molecule has 1 aromatic rings. The number of nitrogens with zero attached hydrogens (tertiary/aromatic N) is 2. The second-order valence-corrected chi connectivity index (χ2v) is 6.93. The number of likely N-dealkylation sites (N-methyl/N-ethyl adjacent to an activating group) is 1. The Bertz CT molecular complexity index is 528. The van der Waals surface area contributed by atoms with Crippen molar-refractivity contribution in [1.29, 1.82) is 0 Å². The first kappa shape index (κ1) is 18.7. The first-order valence-electron chi connectivity index (χ1n) is 8.87. The van der Waals surface area contributed by atoms with Gasteiger partial charge < -0.3 is 20.0 Å². The van der Waals surface area contributed by atoms with Crippen molar-refractivity contribution in [2.24, 2.45) is 5.41 Å².